The van der Waals surface area contributed by atoms with Crippen molar-refractivity contribution in [1.29, 1.82) is 5.26 Å². The molecule has 0 bridgehead atoms. The SMILES string of the molecule is Cc1ccc(OCc2ccc(-c3nc(C#N)c(NCC4CCCO4)o3)o2)cc1C. The van der Waals surface area contributed by atoms with Gasteiger partial charge in [0.05, 0.1) is 6.10 Å². The first-order chi connectivity index (χ1) is 14.1. The molecule has 0 amide bonds. The fourth-order valence-electron chi connectivity index (χ4n) is 3.16. The highest BCUT2D eigenvalue weighted by Crippen LogP contribution is 2.28. The fourth-order valence-corrected chi connectivity index (χ4v) is 3.16. The number of benzene rings is 1. The quantitative estimate of drug-likeness (QED) is 0.627. The van der Waals surface area contributed by atoms with Gasteiger partial charge in [-0.2, -0.15) is 10.2 Å². The van der Waals surface area contributed by atoms with E-state index in [0.717, 1.165) is 25.2 Å². The molecule has 1 saturated heterocycles. The average molecular weight is 393 g/mol. The highest BCUT2D eigenvalue weighted by molar-refractivity contribution is 5.54. The maximum absolute atomic E-state index is 9.33. The number of nitrogens with one attached hydrogen (secondary N) is 1. The van der Waals surface area contributed by atoms with Crippen molar-refractivity contribution in [3.8, 4) is 23.5 Å². The molecule has 3 heterocycles. The molecule has 150 valence electrons. The molecule has 1 fully saturated rings. The number of anilines is 1. The van der Waals surface area contributed by atoms with Crippen molar-refractivity contribution in [2.45, 2.75) is 39.4 Å². The van der Waals surface area contributed by atoms with Gasteiger partial charge in [0.1, 0.15) is 24.2 Å². The van der Waals surface area contributed by atoms with Gasteiger partial charge < -0.3 is 23.6 Å². The van der Waals surface area contributed by atoms with Crippen molar-refractivity contribution in [3.05, 3.63) is 52.9 Å². The van der Waals surface area contributed by atoms with Crippen LogP contribution < -0.4 is 10.1 Å². The standard InChI is InChI=1S/C22H23N3O4/c1-14-5-6-16(10-15(14)2)27-13-18-7-8-20(28-18)22-25-19(11-23)21(29-22)24-12-17-4-3-9-26-17/h5-8,10,17,24H,3-4,9,12-13H2,1-2H3. The minimum atomic E-state index is 0.132. The number of hydrogen-bond donors (Lipinski definition) is 1. The second-order valence-electron chi connectivity index (χ2n) is 7.13. The third-order valence-corrected chi connectivity index (χ3v) is 4.98. The van der Waals surface area contributed by atoms with Crippen LogP contribution >= 0.6 is 0 Å². The molecule has 7 heteroatoms. The summed E-state index contributed by atoms with van der Waals surface area (Å²) in [5.41, 5.74) is 2.59. The fraction of sp³-hybridized carbons (Fsp3) is 0.364. The number of aryl methyl sites for hydroxylation is 2. The molecule has 2 aromatic heterocycles. The molecule has 1 aliphatic rings. The van der Waals surface area contributed by atoms with Gasteiger partial charge in [-0.05, 0) is 62.1 Å². The van der Waals surface area contributed by atoms with Gasteiger partial charge in [0.25, 0.3) is 5.89 Å². The lowest BCUT2D eigenvalue weighted by atomic mass is 10.1. The molecule has 7 nitrogen and oxygen atoms in total. The van der Waals surface area contributed by atoms with Crippen molar-refractivity contribution in [1.82, 2.24) is 4.98 Å². The first-order valence-electron chi connectivity index (χ1n) is 9.68. The summed E-state index contributed by atoms with van der Waals surface area (Å²) in [5.74, 6) is 2.47. The third-order valence-electron chi connectivity index (χ3n) is 4.98. The Balaban J connectivity index is 1.41. The van der Waals surface area contributed by atoms with E-state index in [9.17, 15) is 5.26 Å². The summed E-state index contributed by atoms with van der Waals surface area (Å²) in [6.07, 6.45) is 2.18. The highest BCUT2D eigenvalue weighted by atomic mass is 16.5. The minimum absolute atomic E-state index is 0.132. The molecular weight excluding hydrogens is 370 g/mol. The molecule has 0 saturated carbocycles. The monoisotopic (exact) mass is 393 g/mol. The predicted molar refractivity (Wildman–Crippen MR) is 107 cm³/mol. The molecule has 0 spiro atoms. The summed E-state index contributed by atoms with van der Waals surface area (Å²) in [7, 11) is 0. The molecule has 3 aromatic rings. The molecule has 1 aliphatic heterocycles. The Morgan fingerprint density at radius 3 is 2.86 bits per heavy atom. The summed E-state index contributed by atoms with van der Waals surface area (Å²) < 4.78 is 22.9. The van der Waals surface area contributed by atoms with Crippen molar-refractivity contribution >= 4 is 5.88 Å². The number of rotatable bonds is 7. The van der Waals surface area contributed by atoms with Gasteiger partial charge in [0.2, 0.25) is 11.6 Å². The summed E-state index contributed by atoms with van der Waals surface area (Å²) >= 11 is 0. The van der Waals surface area contributed by atoms with Gasteiger partial charge in [-0.15, -0.1) is 0 Å². The van der Waals surface area contributed by atoms with Gasteiger partial charge in [0.15, 0.2) is 5.76 Å². The number of nitriles is 1. The Morgan fingerprint density at radius 2 is 2.10 bits per heavy atom. The van der Waals surface area contributed by atoms with E-state index in [-0.39, 0.29) is 17.7 Å². The van der Waals surface area contributed by atoms with Crippen LogP contribution in [-0.2, 0) is 11.3 Å². The summed E-state index contributed by atoms with van der Waals surface area (Å²) in [6, 6.07) is 11.6. The number of aromatic nitrogens is 1. The first kappa shape index (κ1) is 19.1. The van der Waals surface area contributed by atoms with Crippen LogP contribution in [0.2, 0.25) is 0 Å². The van der Waals surface area contributed by atoms with E-state index >= 15 is 0 Å². The van der Waals surface area contributed by atoms with Crippen LogP contribution in [0.3, 0.4) is 0 Å². The average Bonchev–Trinajstić information content (AvgIpc) is 3.47. The summed E-state index contributed by atoms with van der Waals surface area (Å²) in [6.45, 7) is 5.76. The molecule has 0 radical (unpaired) electrons. The molecule has 1 atom stereocenters. The van der Waals surface area contributed by atoms with Crippen molar-refractivity contribution < 1.29 is 18.3 Å². The smallest absolute Gasteiger partial charge is 0.266 e. The lowest BCUT2D eigenvalue weighted by molar-refractivity contribution is 0.120. The summed E-state index contributed by atoms with van der Waals surface area (Å²) in [5, 5.41) is 12.5. The maximum Gasteiger partial charge on any atom is 0.266 e. The second kappa shape index (κ2) is 8.41. The molecule has 1 N–H and O–H groups in total. The Bertz CT molecular complexity index is 1030. The van der Waals surface area contributed by atoms with E-state index in [1.807, 2.05) is 37.3 Å². The number of hydrogen-bond acceptors (Lipinski definition) is 7. The Hall–Kier alpha value is -3.24. The second-order valence-corrected chi connectivity index (χ2v) is 7.13. The van der Waals surface area contributed by atoms with E-state index < -0.39 is 0 Å². The van der Waals surface area contributed by atoms with Gasteiger partial charge in [-0.3, -0.25) is 0 Å². The van der Waals surface area contributed by atoms with E-state index in [1.54, 1.807) is 6.07 Å². The van der Waals surface area contributed by atoms with Crippen LogP contribution in [0.5, 0.6) is 5.75 Å². The highest BCUT2D eigenvalue weighted by Gasteiger charge is 2.20. The molecule has 1 aromatic carbocycles. The first-order valence-corrected chi connectivity index (χ1v) is 9.68. The molecule has 4 rings (SSSR count). The largest absolute Gasteiger partial charge is 0.486 e. The number of nitrogens with zero attached hydrogens (tertiary/aromatic N) is 2. The topological polar surface area (TPSA) is 93.5 Å². The number of furan rings is 1. The molecule has 29 heavy (non-hydrogen) atoms. The number of oxazole rings is 1. The van der Waals surface area contributed by atoms with Gasteiger partial charge in [-0.25, -0.2) is 0 Å². The Labute approximate surface area is 169 Å². The van der Waals surface area contributed by atoms with Crippen molar-refractivity contribution in [3.63, 3.8) is 0 Å². The van der Waals surface area contributed by atoms with Gasteiger partial charge in [0, 0.05) is 13.2 Å². The minimum Gasteiger partial charge on any atom is -0.486 e. The predicted octanol–water partition coefficient (Wildman–Crippen LogP) is 4.59. The number of ether oxygens (including phenoxy) is 2. The zero-order valence-corrected chi connectivity index (χ0v) is 16.5. The lowest BCUT2D eigenvalue weighted by Crippen LogP contribution is -2.18. The van der Waals surface area contributed by atoms with Gasteiger partial charge in [-0.1, -0.05) is 6.07 Å². The van der Waals surface area contributed by atoms with Crippen LogP contribution in [0.25, 0.3) is 11.7 Å². The normalized spacial score (nSPS) is 16.0. The van der Waals surface area contributed by atoms with Crippen LogP contribution in [0.15, 0.2) is 39.2 Å². The van der Waals surface area contributed by atoms with Crippen LogP contribution in [0, 0.1) is 25.2 Å². The van der Waals surface area contributed by atoms with Crippen LogP contribution in [0.4, 0.5) is 5.88 Å². The zero-order valence-electron chi connectivity index (χ0n) is 16.5. The molecule has 0 aliphatic carbocycles. The van der Waals surface area contributed by atoms with Crippen molar-refractivity contribution in [2.75, 3.05) is 18.5 Å². The zero-order chi connectivity index (χ0) is 20.2. The molecular formula is C22H23N3O4. The summed E-state index contributed by atoms with van der Waals surface area (Å²) in [4.78, 5) is 4.23. The van der Waals surface area contributed by atoms with Gasteiger partial charge >= 0.3 is 0 Å². The van der Waals surface area contributed by atoms with E-state index in [4.69, 9.17) is 18.3 Å². The molecule has 1 unspecified atom stereocenters. The van der Waals surface area contributed by atoms with Crippen LogP contribution in [0.1, 0.15) is 35.4 Å². The van der Waals surface area contributed by atoms with Crippen LogP contribution in [-0.4, -0.2) is 24.2 Å². The lowest BCUT2D eigenvalue weighted by Gasteiger charge is -2.09. The van der Waals surface area contributed by atoms with E-state index in [0.29, 0.717) is 30.6 Å². The van der Waals surface area contributed by atoms with E-state index in [2.05, 4.69) is 17.2 Å². The van der Waals surface area contributed by atoms with E-state index in [1.165, 1.54) is 11.1 Å². The van der Waals surface area contributed by atoms with Crippen molar-refractivity contribution in [2.24, 2.45) is 0 Å². The Kier molecular flexibility index (Phi) is 5.54. The maximum atomic E-state index is 9.33. The Morgan fingerprint density at radius 1 is 1.21 bits per heavy atom. The third kappa shape index (κ3) is 4.44.